The smallest absolute Gasteiger partial charge is 0.407 e. The van der Waals surface area contributed by atoms with Gasteiger partial charge in [0.25, 0.3) is 0 Å². The summed E-state index contributed by atoms with van der Waals surface area (Å²) in [6, 6.07) is 1.20. The van der Waals surface area contributed by atoms with Crippen LogP contribution >= 0.6 is 0 Å². The summed E-state index contributed by atoms with van der Waals surface area (Å²) in [5, 5.41) is 14.0. The summed E-state index contributed by atoms with van der Waals surface area (Å²) < 4.78 is 8.15. The summed E-state index contributed by atoms with van der Waals surface area (Å²) in [6.45, 7) is 9.44. The van der Waals surface area contributed by atoms with E-state index in [0.29, 0.717) is 19.8 Å². The van der Waals surface area contributed by atoms with Crippen molar-refractivity contribution >= 4 is 31.0 Å². The summed E-state index contributed by atoms with van der Waals surface area (Å²) in [6.07, 6.45) is 9.67. The van der Waals surface area contributed by atoms with Crippen molar-refractivity contribution in [3.8, 4) is 0 Å². The molecular formula is C23H37N5O3Si. The number of aromatic nitrogens is 3. The molecule has 1 aliphatic heterocycles. The topological polar surface area (TPSA) is 92.5 Å². The van der Waals surface area contributed by atoms with Gasteiger partial charge in [0.15, 0.2) is 0 Å². The lowest BCUT2D eigenvalue weighted by atomic mass is 9.81. The minimum Gasteiger partial charge on any atom is -0.465 e. The van der Waals surface area contributed by atoms with Crippen LogP contribution in [0.25, 0.3) is 11.0 Å². The van der Waals surface area contributed by atoms with E-state index in [1.54, 1.807) is 6.33 Å². The first-order valence-corrected chi connectivity index (χ1v) is 15.7. The number of fused-ring (bicyclic) bond motifs is 1. The number of carbonyl (C=O) groups is 1. The number of piperidine rings is 1. The van der Waals surface area contributed by atoms with Crippen LogP contribution in [0.2, 0.25) is 25.7 Å². The monoisotopic (exact) mass is 459 g/mol. The number of nitrogens with one attached hydrogen (secondary N) is 1. The van der Waals surface area contributed by atoms with Gasteiger partial charge in [0.2, 0.25) is 0 Å². The van der Waals surface area contributed by atoms with E-state index in [0.717, 1.165) is 54.7 Å². The first-order chi connectivity index (χ1) is 15.3. The Morgan fingerprint density at radius 3 is 2.75 bits per heavy atom. The molecule has 9 heteroatoms. The third-order valence-electron chi connectivity index (χ3n) is 6.72. The highest BCUT2D eigenvalue weighted by Crippen LogP contribution is 2.35. The molecule has 1 amide bonds. The maximum atomic E-state index is 11.4. The molecule has 1 atom stereocenters. The highest BCUT2D eigenvalue weighted by molar-refractivity contribution is 6.76. The van der Waals surface area contributed by atoms with Crippen molar-refractivity contribution in [1.29, 1.82) is 0 Å². The summed E-state index contributed by atoms with van der Waals surface area (Å²) in [7, 11) is -1.13. The summed E-state index contributed by atoms with van der Waals surface area (Å²) >= 11 is 0. The Bertz CT molecular complexity index is 938. The van der Waals surface area contributed by atoms with E-state index < -0.39 is 14.2 Å². The first-order valence-electron chi connectivity index (χ1n) is 11.9. The molecule has 0 spiro atoms. The average molecular weight is 460 g/mol. The van der Waals surface area contributed by atoms with Crippen molar-refractivity contribution in [3.63, 3.8) is 0 Å². The minimum atomic E-state index is -1.13. The second-order valence-corrected chi connectivity index (χ2v) is 16.2. The van der Waals surface area contributed by atoms with Crippen LogP contribution in [0.15, 0.2) is 12.5 Å². The number of hydrogen-bond acceptors (Lipinski definition) is 5. The summed E-state index contributed by atoms with van der Waals surface area (Å²) in [5.74, 6) is 1.55. The third-order valence-corrected chi connectivity index (χ3v) is 8.43. The molecule has 2 N–H and O–H groups in total. The van der Waals surface area contributed by atoms with Crippen molar-refractivity contribution in [2.45, 2.75) is 77.0 Å². The van der Waals surface area contributed by atoms with Crippen LogP contribution in [-0.2, 0) is 17.9 Å². The van der Waals surface area contributed by atoms with Gasteiger partial charge in [-0.25, -0.2) is 14.8 Å². The van der Waals surface area contributed by atoms with Gasteiger partial charge in [-0.1, -0.05) is 38.9 Å². The lowest BCUT2D eigenvalue weighted by Crippen LogP contribution is -2.44. The van der Waals surface area contributed by atoms with Gasteiger partial charge < -0.3 is 24.6 Å². The fourth-order valence-electron chi connectivity index (χ4n) is 4.58. The number of amides is 1. The number of likely N-dealkylation sites (tertiary alicyclic amines) is 1. The predicted octanol–water partition coefficient (Wildman–Crippen LogP) is 4.64. The predicted molar refractivity (Wildman–Crippen MR) is 129 cm³/mol. The number of hydrogen-bond donors (Lipinski definition) is 2. The Labute approximate surface area is 191 Å². The zero-order valence-electron chi connectivity index (χ0n) is 19.6. The van der Waals surface area contributed by atoms with Crippen LogP contribution in [0, 0.1) is 5.92 Å². The zero-order valence-corrected chi connectivity index (χ0v) is 20.6. The molecule has 32 heavy (non-hydrogen) atoms. The molecular weight excluding hydrogens is 422 g/mol. The molecule has 2 aromatic rings. The van der Waals surface area contributed by atoms with Gasteiger partial charge in [0.1, 0.15) is 24.5 Å². The molecule has 1 saturated heterocycles. The average Bonchev–Trinajstić information content (AvgIpc) is 3.06. The Morgan fingerprint density at radius 2 is 2.06 bits per heavy atom. The molecule has 0 unspecified atom stereocenters. The molecule has 1 saturated carbocycles. The van der Waals surface area contributed by atoms with Gasteiger partial charge in [0, 0.05) is 40.0 Å². The third kappa shape index (κ3) is 5.61. The Morgan fingerprint density at radius 1 is 1.25 bits per heavy atom. The number of carboxylic acid groups (broad SMARTS) is 1. The lowest BCUT2D eigenvalue weighted by Gasteiger charge is -2.31. The number of anilines is 1. The van der Waals surface area contributed by atoms with E-state index in [4.69, 9.17) is 4.74 Å². The van der Waals surface area contributed by atoms with Gasteiger partial charge in [-0.2, -0.15) is 0 Å². The molecule has 2 aliphatic rings. The molecule has 2 aromatic heterocycles. The van der Waals surface area contributed by atoms with Crippen molar-refractivity contribution in [2.24, 2.45) is 5.92 Å². The normalized spacial score (nSPS) is 19.8. The van der Waals surface area contributed by atoms with E-state index in [9.17, 15) is 9.90 Å². The molecule has 3 heterocycles. The van der Waals surface area contributed by atoms with E-state index in [1.165, 1.54) is 29.7 Å². The summed E-state index contributed by atoms with van der Waals surface area (Å²) in [5.41, 5.74) is 2.17. The van der Waals surface area contributed by atoms with E-state index in [1.807, 2.05) is 0 Å². The quantitative estimate of drug-likeness (QED) is 0.419. The van der Waals surface area contributed by atoms with Crippen molar-refractivity contribution in [2.75, 3.05) is 25.0 Å². The van der Waals surface area contributed by atoms with E-state index >= 15 is 0 Å². The molecule has 0 bridgehead atoms. The molecule has 0 radical (unpaired) electrons. The van der Waals surface area contributed by atoms with E-state index in [2.05, 4.69) is 45.7 Å². The van der Waals surface area contributed by atoms with Gasteiger partial charge in [0.05, 0.1) is 5.39 Å². The van der Waals surface area contributed by atoms with Gasteiger partial charge in [-0.05, 0) is 36.8 Å². The fourth-order valence-corrected chi connectivity index (χ4v) is 5.33. The number of ether oxygens (including phenoxy) is 1. The minimum absolute atomic E-state index is 0.0610. The summed E-state index contributed by atoms with van der Waals surface area (Å²) in [4.78, 5) is 22.1. The number of rotatable bonds is 9. The van der Waals surface area contributed by atoms with Crippen LogP contribution < -0.4 is 5.32 Å². The van der Waals surface area contributed by atoms with Crippen LogP contribution in [0.3, 0.4) is 0 Å². The Hall–Kier alpha value is -2.13. The highest BCUT2D eigenvalue weighted by atomic mass is 28.3. The molecule has 176 valence electrons. The van der Waals surface area contributed by atoms with Crippen LogP contribution in [0.1, 0.15) is 37.7 Å². The molecule has 0 aromatic carbocycles. The largest absolute Gasteiger partial charge is 0.465 e. The van der Waals surface area contributed by atoms with Gasteiger partial charge in [-0.3, -0.25) is 0 Å². The zero-order chi connectivity index (χ0) is 22.7. The molecule has 8 nitrogen and oxygen atoms in total. The van der Waals surface area contributed by atoms with Crippen LogP contribution in [0.4, 0.5) is 10.6 Å². The standard InChI is InChI=1S/C23H37N5O3Si/c1-32(2,3)11-10-31-16-28-13-18(12-17-6-4-7-17)20-21(24-15-25-22(20)28)26-19-8-5-9-27(14-19)23(29)30/h13,15,17,19H,4-12,14,16H2,1-3H3,(H,29,30)(H,24,25,26)/t19-/m1/s1. The van der Waals surface area contributed by atoms with Gasteiger partial charge >= 0.3 is 6.09 Å². The molecule has 4 rings (SSSR count). The second-order valence-electron chi connectivity index (χ2n) is 10.6. The van der Waals surface area contributed by atoms with Crippen molar-refractivity contribution in [1.82, 2.24) is 19.4 Å². The molecule has 2 fully saturated rings. The maximum Gasteiger partial charge on any atom is 0.407 e. The Kier molecular flexibility index (Phi) is 7.04. The first kappa shape index (κ1) is 23.0. The Balaban J connectivity index is 1.55. The maximum absolute atomic E-state index is 11.4. The highest BCUT2D eigenvalue weighted by Gasteiger charge is 2.26. The second kappa shape index (κ2) is 9.78. The van der Waals surface area contributed by atoms with Crippen LogP contribution in [-0.4, -0.2) is 64.4 Å². The SMILES string of the molecule is C[Si](C)(C)CCOCn1cc(CC2CCC2)c2c(N[C@@H]3CCCN(C(=O)O)C3)ncnc21. The van der Waals surface area contributed by atoms with Crippen molar-refractivity contribution < 1.29 is 14.6 Å². The van der Waals surface area contributed by atoms with Crippen molar-refractivity contribution in [3.05, 3.63) is 18.1 Å². The fraction of sp³-hybridized carbons (Fsp3) is 0.696. The molecule has 1 aliphatic carbocycles. The van der Waals surface area contributed by atoms with Gasteiger partial charge in [-0.15, -0.1) is 0 Å². The lowest BCUT2D eigenvalue weighted by molar-refractivity contribution is 0.0897. The van der Waals surface area contributed by atoms with E-state index in [-0.39, 0.29) is 6.04 Å². The van der Waals surface area contributed by atoms with Crippen LogP contribution in [0.5, 0.6) is 0 Å². The number of nitrogens with zero attached hydrogens (tertiary/aromatic N) is 4.